The number of rotatable bonds is 6. The Hall–Kier alpha value is -2.27. The fourth-order valence-corrected chi connectivity index (χ4v) is 2.67. The Bertz CT molecular complexity index is 815. The molecule has 0 bridgehead atoms. The number of hydrogen-bond donors (Lipinski definition) is 1. The van der Waals surface area contributed by atoms with Crippen LogP contribution in [0, 0.1) is 6.92 Å². The summed E-state index contributed by atoms with van der Waals surface area (Å²) in [5.74, 6) is 1.72. The van der Waals surface area contributed by atoms with Crippen molar-refractivity contribution in [3.05, 3.63) is 47.2 Å². The Balaban J connectivity index is 1.50. The van der Waals surface area contributed by atoms with E-state index in [0.717, 1.165) is 46.3 Å². The van der Waals surface area contributed by atoms with Crippen LogP contribution in [0.2, 0.25) is 5.02 Å². The van der Waals surface area contributed by atoms with Crippen LogP contribution in [0.4, 0.5) is 5.95 Å². The van der Waals surface area contributed by atoms with Gasteiger partial charge in [0, 0.05) is 24.8 Å². The number of nitrogens with zero attached hydrogens (tertiary/aromatic N) is 3. The summed E-state index contributed by atoms with van der Waals surface area (Å²) in [6.45, 7) is 3.42. The third-order valence-electron chi connectivity index (χ3n) is 3.68. The Kier molecular flexibility index (Phi) is 4.67. The standard InChI is InChI=1S/C17H19ClN4O/c1-12-10-13(18)4-5-16(12)23-9-3-7-20-17-21-14-11-19-8-6-15(14)22(17)2/h4-6,8,10-11H,3,7,9H2,1-2H3,(H,20,21). The number of aromatic nitrogens is 3. The summed E-state index contributed by atoms with van der Waals surface area (Å²) < 4.78 is 7.81. The number of ether oxygens (including phenoxy) is 1. The molecule has 0 saturated heterocycles. The van der Waals surface area contributed by atoms with Crippen molar-refractivity contribution in [2.75, 3.05) is 18.5 Å². The number of halogens is 1. The quantitative estimate of drug-likeness (QED) is 0.698. The first-order chi connectivity index (χ1) is 11.1. The number of benzene rings is 1. The van der Waals surface area contributed by atoms with E-state index in [0.29, 0.717) is 6.61 Å². The largest absolute Gasteiger partial charge is 0.493 e. The van der Waals surface area contributed by atoms with Crippen molar-refractivity contribution in [2.24, 2.45) is 7.05 Å². The van der Waals surface area contributed by atoms with E-state index < -0.39 is 0 Å². The van der Waals surface area contributed by atoms with Gasteiger partial charge in [0.25, 0.3) is 0 Å². The molecule has 0 unspecified atom stereocenters. The van der Waals surface area contributed by atoms with E-state index in [1.165, 1.54) is 0 Å². The van der Waals surface area contributed by atoms with Crippen LogP contribution < -0.4 is 10.1 Å². The molecule has 23 heavy (non-hydrogen) atoms. The molecule has 120 valence electrons. The molecular formula is C17H19ClN4O. The summed E-state index contributed by atoms with van der Waals surface area (Å²) in [7, 11) is 1.99. The maximum Gasteiger partial charge on any atom is 0.203 e. The first kappa shape index (κ1) is 15.6. The topological polar surface area (TPSA) is 52.0 Å². The molecule has 3 aromatic rings. The minimum Gasteiger partial charge on any atom is -0.493 e. The highest BCUT2D eigenvalue weighted by Crippen LogP contribution is 2.22. The molecule has 0 spiro atoms. The van der Waals surface area contributed by atoms with Gasteiger partial charge in [-0.3, -0.25) is 4.98 Å². The lowest BCUT2D eigenvalue weighted by Crippen LogP contribution is -2.10. The second-order valence-corrected chi connectivity index (χ2v) is 5.83. The van der Waals surface area contributed by atoms with Crippen LogP contribution in [0.1, 0.15) is 12.0 Å². The fraction of sp³-hybridized carbons (Fsp3) is 0.294. The molecule has 0 amide bonds. The van der Waals surface area contributed by atoms with Gasteiger partial charge in [-0.2, -0.15) is 0 Å². The zero-order valence-corrected chi connectivity index (χ0v) is 14.0. The summed E-state index contributed by atoms with van der Waals surface area (Å²) >= 11 is 5.94. The predicted molar refractivity (Wildman–Crippen MR) is 93.3 cm³/mol. The van der Waals surface area contributed by atoms with Gasteiger partial charge in [0.05, 0.1) is 18.3 Å². The first-order valence-electron chi connectivity index (χ1n) is 7.54. The highest BCUT2D eigenvalue weighted by atomic mass is 35.5. The van der Waals surface area contributed by atoms with Gasteiger partial charge in [-0.25, -0.2) is 4.98 Å². The fourth-order valence-electron chi connectivity index (χ4n) is 2.44. The van der Waals surface area contributed by atoms with Crippen LogP contribution in [0.25, 0.3) is 11.0 Å². The van der Waals surface area contributed by atoms with E-state index >= 15 is 0 Å². The number of anilines is 1. The van der Waals surface area contributed by atoms with E-state index in [2.05, 4.69) is 15.3 Å². The van der Waals surface area contributed by atoms with E-state index in [4.69, 9.17) is 16.3 Å². The van der Waals surface area contributed by atoms with Crippen molar-refractivity contribution in [2.45, 2.75) is 13.3 Å². The van der Waals surface area contributed by atoms with E-state index in [1.807, 2.05) is 42.8 Å². The van der Waals surface area contributed by atoms with Crippen LogP contribution in [0.3, 0.4) is 0 Å². The lowest BCUT2D eigenvalue weighted by molar-refractivity contribution is 0.313. The van der Waals surface area contributed by atoms with Crippen LogP contribution in [-0.2, 0) is 7.05 Å². The molecule has 0 atom stereocenters. The summed E-state index contributed by atoms with van der Waals surface area (Å²) in [6, 6.07) is 7.61. The lowest BCUT2D eigenvalue weighted by atomic mass is 10.2. The molecule has 0 radical (unpaired) electrons. The van der Waals surface area contributed by atoms with Gasteiger partial charge >= 0.3 is 0 Å². The number of hydrogen-bond acceptors (Lipinski definition) is 4. The third kappa shape index (κ3) is 3.56. The molecule has 0 aliphatic rings. The van der Waals surface area contributed by atoms with E-state index in [-0.39, 0.29) is 0 Å². The Labute approximate surface area is 140 Å². The molecule has 2 heterocycles. The normalized spacial score (nSPS) is 10.9. The number of imidazole rings is 1. The van der Waals surface area contributed by atoms with Gasteiger partial charge < -0.3 is 14.6 Å². The minimum absolute atomic E-state index is 0.640. The van der Waals surface area contributed by atoms with Crippen molar-refractivity contribution in [3.8, 4) is 5.75 Å². The lowest BCUT2D eigenvalue weighted by Gasteiger charge is -2.10. The van der Waals surface area contributed by atoms with Crippen LogP contribution in [-0.4, -0.2) is 27.7 Å². The van der Waals surface area contributed by atoms with Crippen molar-refractivity contribution in [3.63, 3.8) is 0 Å². The Morgan fingerprint density at radius 2 is 2.17 bits per heavy atom. The number of nitrogens with one attached hydrogen (secondary N) is 1. The maximum atomic E-state index is 5.94. The number of fused-ring (bicyclic) bond motifs is 1. The molecule has 1 aromatic carbocycles. The maximum absolute atomic E-state index is 5.94. The molecule has 5 nitrogen and oxygen atoms in total. The summed E-state index contributed by atoms with van der Waals surface area (Å²) in [6.07, 6.45) is 4.42. The monoisotopic (exact) mass is 330 g/mol. The van der Waals surface area contributed by atoms with Crippen molar-refractivity contribution in [1.82, 2.24) is 14.5 Å². The average Bonchev–Trinajstić information content (AvgIpc) is 2.86. The second-order valence-electron chi connectivity index (χ2n) is 5.40. The van der Waals surface area contributed by atoms with Gasteiger partial charge in [-0.1, -0.05) is 11.6 Å². The first-order valence-corrected chi connectivity index (χ1v) is 7.92. The van der Waals surface area contributed by atoms with Gasteiger partial charge in [0.2, 0.25) is 5.95 Å². The highest BCUT2D eigenvalue weighted by Gasteiger charge is 2.06. The van der Waals surface area contributed by atoms with E-state index in [1.54, 1.807) is 12.4 Å². The van der Waals surface area contributed by atoms with Gasteiger partial charge in [0.1, 0.15) is 11.3 Å². The zero-order chi connectivity index (χ0) is 16.2. The molecule has 3 rings (SSSR count). The Morgan fingerprint density at radius 3 is 2.96 bits per heavy atom. The van der Waals surface area contributed by atoms with E-state index in [9.17, 15) is 0 Å². The molecule has 6 heteroatoms. The van der Waals surface area contributed by atoms with Gasteiger partial charge in [-0.15, -0.1) is 0 Å². The van der Waals surface area contributed by atoms with Crippen molar-refractivity contribution in [1.29, 1.82) is 0 Å². The number of aryl methyl sites for hydroxylation is 2. The Morgan fingerprint density at radius 1 is 1.30 bits per heavy atom. The minimum atomic E-state index is 0.640. The van der Waals surface area contributed by atoms with Crippen LogP contribution in [0.5, 0.6) is 5.75 Å². The van der Waals surface area contributed by atoms with Crippen LogP contribution in [0.15, 0.2) is 36.7 Å². The second kappa shape index (κ2) is 6.87. The predicted octanol–water partition coefficient (Wildman–Crippen LogP) is 3.81. The SMILES string of the molecule is Cc1cc(Cl)ccc1OCCCNc1nc2cnccc2n1C. The molecule has 0 fully saturated rings. The van der Waals surface area contributed by atoms with Gasteiger partial charge in [-0.05, 0) is 43.2 Å². The summed E-state index contributed by atoms with van der Waals surface area (Å²) in [4.78, 5) is 8.62. The smallest absolute Gasteiger partial charge is 0.203 e. The van der Waals surface area contributed by atoms with Crippen LogP contribution >= 0.6 is 11.6 Å². The molecule has 0 aliphatic carbocycles. The van der Waals surface area contributed by atoms with Crippen molar-refractivity contribution >= 4 is 28.6 Å². The average molecular weight is 331 g/mol. The summed E-state index contributed by atoms with van der Waals surface area (Å²) in [5.41, 5.74) is 3.01. The summed E-state index contributed by atoms with van der Waals surface area (Å²) in [5, 5.41) is 4.06. The molecule has 2 aromatic heterocycles. The molecular weight excluding hydrogens is 312 g/mol. The van der Waals surface area contributed by atoms with Gasteiger partial charge in [0.15, 0.2) is 0 Å². The van der Waals surface area contributed by atoms with Crippen molar-refractivity contribution < 1.29 is 4.74 Å². The third-order valence-corrected chi connectivity index (χ3v) is 3.92. The number of pyridine rings is 1. The zero-order valence-electron chi connectivity index (χ0n) is 13.2. The molecule has 0 aliphatic heterocycles. The molecule has 1 N–H and O–H groups in total. The highest BCUT2D eigenvalue weighted by molar-refractivity contribution is 6.30. The molecule has 0 saturated carbocycles.